The van der Waals surface area contributed by atoms with Gasteiger partial charge in [-0.05, 0) is 18.9 Å². The van der Waals surface area contributed by atoms with Gasteiger partial charge in [-0.3, -0.25) is 0 Å². The van der Waals surface area contributed by atoms with Crippen molar-refractivity contribution < 1.29 is 10.3 Å². The molecule has 0 aliphatic heterocycles. The van der Waals surface area contributed by atoms with Gasteiger partial charge < -0.3 is 10.3 Å². The number of Topliss-reactive ketones (excluding diaryl/α,β-unsaturated/α-hetero) is 1. The minimum absolute atomic E-state index is 0. The summed E-state index contributed by atoms with van der Waals surface area (Å²) >= 11 is 0. The average molecular weight is 212 g/mol. The number of rotatable bonds is 5. The van der Waals surface area contributed by atoms with Gasteiger partial charge in [-0.25, -0.2) is 0 Å². The van der Waals surface area contributed by atoms with Gasteiger partial charge in [0.15, 0.2) is 0 Å². The van der Waals surface area contributed by atoms with Crippen molar-refractivity contribution >= 4 is 5.78 Å². The van der Waals surface area contributed by atoms with Crippen LogP contribution in [0.5, 0.6) is 0 Å². The molecule has 0 saturated heterocycles. The molecule has 0 bridgehead atoms. The van der Waals surface area contributed by atoms with Gasteiger partial charge >= 0.3 is 0 Å². The summed E-state index contributed by atoms with van der Waals surface area (Å²) in [4.78, 5) is 10.6. The average Bonchev–Trinajstić information content (AvgIpc) is 2.13. The van der Waals surface area contributed by atoms with Crippen molar-refractivity contribution in [2.45, 2.75) is 40.0 Å². The van der Waals surface area contributed by atoms with Crippen LogP contribution in [0, 0.1) is 0 Å². The van der Waals surface area contributed by atoms with Crippen LogP contribution in [0.1, 0.15) is 40.0 Å². The number of carbonyl (C=O) groups excluding carboxylic acids is 1. The summed E-state index contributed by atoms with van der Waals surface area (Å²) in [6.07, 6.45) is 7.94. The van der Waals surface area contributed by atoms with E-state index in [2.05, 4.69) is 27.0 Å². The molecule has 0 aliphatic carbocycles. The van der Waals surface area contributed by atoms with Crippen LogP contribution in [0.3, 0.4) is 0 Å². The fourth-order valence-corrected chi connectivity index (χ4v) is 0.725. The lowest BCUT2D eigenvalue weighted by Crippen LogP contribution is -1.89. The third-order valence-corrected chi connectivity index (χ3v) is 1.36. The van der Waals surface area contributed by atoms with Gasteiger partial charge in [-0.15, -0.1) is 0 Å². The van der Waals surface area contributed by atoms with Gasteiger partial charge in [0.1, 0.15) is 5.78 Å². The molecule has 0 aromatic rings. The molecule has 0 spiro atoms. The maximum atomic E-state index is 10.6. The summed E-state index contributed by atoms with van der Waals surface area (Å²) in [7, 11) is 0. The lowest BCUT2D eigenvalue weighted by molar-refractivity contribution is -0.116. The van der Waals surface area contributed by atoms with Crippen LogP contribution in [0.2, 0.25) is 0 Å². The van der Waals surface area contributed by atoms with E-state index >= 15 is 0 Å². The van der Waals surface area contributed by atoms with Crippen molar-refractivity contribution in [3.05, 3.63) is 37.0 Å². The molecular formula is C13H24O2. The zero-order valence-corrected chi connectivity index (χ0v) is 10.2. The molecule has 0 aromatic carbocycles. The number of allylic oxidation sites excluding steroid dienone is 4. The van der Waals surface area contributed by atoms with E-state index in [1.807, 2.05) is 6.08 Å². The van der Waals surface area contributed by atoms with Gasteiger partial charge in [0.05, 0.1) is 0 Å². The largest absolute Gasteiger partial charge is 0.412 e. The summed E-state index contributed by atoms with van der Waals surface area (Å²) in [6.45, 7) is 13.0. The molecule has 88 valence electrons. The smallest absolute Gasteiger partial charge is 0.130 e. The SMILES string of the molecule is C=C/C=C(\C=C)CCC(C)=O.CCC.O. The second-order valence-electron chi connectivity index (χ2n) is 3.09. The van der Waals surface area contributed by atoms with Crippen molar-refractivity contribution in [1.82, 2.24) is 0 Å². The molecule has 0 radical (unpaired) electrons. The van der Waals surface area contributed by atoms with Crippen LogP contribution in [0.4, 0.5) is 0 Å². The normalized spacial score (nSPS) is 9.13. The highest BCUT2D eigenvalue weighted by atomic mass is 16.1. The van der Waals surface area contributed by atoms with E-state index in [0.29, 0.717) is 6.42 Å². The zero-order valence-electron chi connectivity index (χ0n) is 10.2. The third kappa shape index (κ3) is 19.3. The van der Waals surface area contributed by atoms with Crippen LogP contribution in [0.15, 0.2) is 37.0 Å². The molecule has 0 unspecified atom stereocenters. The summed E-state index contributed by atoms with van der Waals surface area (Å²) in [6, 6.07) is 0. The van der Waals surface area contributed by atoms with Gasteiger partial charge in [0.2, 0.25) is 0 Å². The maximum Gasteiger partial charge on any atom is 0.130 e. The second-order valence-corrected chi connectivity index (χ2v) is 3.09. The van der Waals surface area contributed by atoms with Crippen molar-refractivity contribution in [2.24, 2.45) is 0 Å². The van der Waals surface area contributed by atoms with Gasteiger partial charge in [0.25, 0.3) is 0 Å². The molecule has 15 heavy (non-hydrogen) atoms. The molecule has 0 aliphatic rings. The fraction of sp³-hybridized carbons (Fsp3) is 0.462. The molecule has 0 aromatic heterocycles. The maximum absolute atomic E-state index is 10.6. The van der Waals surface area contributed by atoms with Crippen LogP contribution in [-0.4, -0.2) is 11.3 Å². The molecular weight excluding hydrogens is 188 g/mol. The Hall–Kier alpha value is -1.15. The predicted octanol–water partition coefficient (Wildman–Crippen LogP) is 3.25. The van der Waals surface area contributed by atoms with E-state index in [0.717, 1.165) is 12.0 Å². The van der Waals surface area contributed by atoms with Gasteiger partial charge in [-0.1, -0.05) is 51.7 Å². The molecule has 2 heteroatoms. The first kappa shape index (κ1) is 19.4. The molecule has 0 heterocycles. The van der Waals surface area contributed by atoms with E-state index < -0.39 is 0 Å². The monoisotopic (exact) mass is 212 g/mol. The summed E-state index contributed by atoms with van der Waals surface area (Å²) in [5.41, 5.74) is 1.07. The Morgan fingerprint density at radius 3 is 1.93 bits per heavy atom. The summed E-state index contributed by atoms with van der Waals surface area (Å²) < 4.78 is 0. The lowest BCUT2D eigenvalue weighted by Gasteiger charge is -1.96. The number of hydrogen-bond acceptors (Lipinski definition) is 1. The van der Waals surface area contributed by atoms with Crippen LogP contribution in [-0.2, 0) is 4.79 Å². The Labute approximate surface area is 93.7 Å². The van der Waals surface area contributed by atoms with Gasteiger partial charge in [-0.2, -0.15) is 0 Å². The predicted molar refractivity (Wildman–Crippen MR) is 68.0 cm³/mol. The standard InChI is InChI=1S/C10H14O.C3H8.H2O/c1-4-6-10(5-2)8-7-9(3)11;1-3-2;/h4-6H,1-2,7-8H2,3H3;3H2,1-2H3;1H2/b10-6+;;. The van der Waals surface area contributed by atoms with Crippen molar-refractivity contribution in [3.8, 4) is 0 Å². The van der Waals surface area contributed by atoms with Crippen molar-refractivity contribution in [3.63, 3.8) is 0 Å². The third-order valence-electron chi connectivity index (χ3n) is 1.36. The van der Waals surface area contributed by atoms with Crippen LogP contribution >= 0.6 is 0 Å². The Morgan fingerprint density at radius 1 is 1.20 bits per heavy atom. The number of hydrogen-bond donors (Lipinski definition) is 0. The molecule has 0 amide bonds. The molecule has 2 nitrogen and oxygen atoms in total. The number of ketones is 1. The lowest BCUT2D eigenvalue weighted by atomic mass is 10.1. The minimum Gasteiger partial charge on any atom is -0.412 e. The van der Waals surface area contributed by atoms with E-state index in [-0.39, 0.29) is 11.3 Å². The molecule has 0 fully saturated rings. The quantitative estimate of drug-likeness (QED) is 0.645. The molecule has 2 N–H and O–H groups in total. The highest BCUT2D eigenvalue weighted by Crippen LogP contribution is 2.06. The number of carbonyl (C=O) groups is 1. The van der Waals surface area contributed by atoms with E-state index in [9.17, 15) is 4.79 Å². The highest BCUT2D eigenvalue weighted by Gasteiger charge is 1.94. The van der Waals surface area contributed by atoms with Gasteiger partial charge in [0, 0.05) is 6.42 Å². The Bertz CT molecular complexity index is 203. The summed E-state index contributed by atoms with van der Waals surface area (Å²) in [5, 5.41) is 0. The van der Waals surface area contributed by atoms with Crippen LogP contribution in [0.25, 0.3) is 0 Å². The zero-order chi connectivity index (χ0) is 11.4. The highest BCUT2D eigenvalue weighted by molar-refractivity contribution is 5.75. The van der Waals surface area contributed by atoms with E-state index in [1.165, 1.54) is 6.42 Å². The molecule has 0 atom stereocenters. The first-order valence-electron chi connectivity index (χ1n) is 5.05. The Balaban J connectivity index is -0.000000320. The van der Waals surface area contributed by atoms with Crippen molar-refractivity contribution in [1.29, 1.82) is 0 Å². The first-order valence-corrected chi connectivity index (χ1v) is 5.05. The molecule has 0 rings (SSSR count). The second kappa shape index (κ2) is 15.3. The summed E-state index contributed by atoms with van der Waals surface area (Å²) in [5.74, 6) is 0.210. The Morgan fingerprint density at radius 2 is 1.67 bits per heavy atom. The molecule has 0 saturated carbocycles. The van der Waals surface area contributed by atoms with Crippen LogP contribution < -0.4 is 0 Å². The van der Waals surface area contributed by atoms with Crippen molar-refractivity contribution in [2.75, 3.05) is 0 Å². The topological polar surface area (TPSA) is 48.6 Å². The van der Waals surface area contributed by atoms with E-state index in [1.54, 1.807) is 19.1 Å². The minimum atomic E-state index is 0. The van der Waals surface area contributed by atoms with E-state index in [4.69, 9.17) is 0 Å². The Kier molecular flexibility index (Phi) is 19.9. The first-order chi connectivity index (χ1) is 6.62. The fourth-order valence-electron chi connectivity index (χ4n) is 0.725.